The van der Waals surface area contributed by atoms with Crippen LogP contribution in [0, 0.1) is 10.1 Å². The number of rotatable bonds is 5. The molecule has 1 aliphatic rings. The fourth-order valence-corrected chi connectivity index (χ4v) is 4.13. The molecule has 3 rings (SSSR count). The molecule has 2 amide bonds. The molecule has 0 saturated carbocycles. The molecule has 2 aromatic carbocycles. The Morgan fingerprint density at radius 1 is 1.29 bits per heavy atom. The number of para-hydroxylation sites is 2. The van der Waals surface area contributed by atoms with Gasteiger partial charge in [0.1, 0.15) is 16.6 Å². The minimum absolute atomic E-state index is 0.0626. The zero-order valence-electron chi connectivity index (χ0n) is 14.1. The molecule has 1 aliphatic heterocycles. The van der Waals surface area contributed by atoms with E-state index in [4.69, 9.17) is 12.2 Å². The number of benzene rings is 2. The second-order valence-corrected chi connectivity index (χ2v) is 8.24. The smallest absolute Gasteiger partial charge is 0.292 e. The summed E-state index contributed by atoms with van der Waals surface area (Å²) in [6, 6.07) is 13.2. The van der Waals surface area contributed by atoms with Crippen molar-refractivity contribution in [3.05, 3.63) is 73.6 Å². The molecular formula is C18H12BrN3O4S2. The SMILES string of the molecule is O=C(CN1C(=O)C(=Cc2cccc(Br)c2)SC1=S)Nc1ccccc1[N+](=O)[O-]. The maximum Gasteiger partial charge on any atom is 0.292 e. The minimum Gasteiger partial charge on any atom is -0.319 e. The third-order valence-electron chi connectivity index (χ3n) is 3.70. The zero-order chi connectivity index (χ0) is 20.3. The average molecular weight is 478 g/mol. The molecule has 2 aromatic rings. The number of amides is 2. The fourth-order valence-electron chi connectivity index (χ4n) is 2.46. The number of thiocarbonyl (C=S) groups is 1. The highest BCUT2D eigenvalue weighted by atomic mass is 79.9. The highest BCUT2D eigenvalue weighted by molar-refractivity contribution is 9.10. The first kappa shape index (κ1) is 20.2. The first-order valence-corrected chi connectivity index (χ1v) is 9.91. The highest BCUT2D eigenvalue weighted by Crippen LogP contribution is 2.33. The third kappa shape index (κ3) is 4.64. The van der Waals surface area contributed by atoms with E-state index in [1.807, 2.05) is 24.3 Å². The second kappa shape index (κ2) is 8.63. The van der Waals surface area contributed by atoms with Crippen molar-refractivity contribution in [2.75, 3.05) is 11.9 Å². The van der Waals surface area contributed by atoms with Gasteiger partial charge in [0.05, 0.1) is 9.83 Å². The maximum absolute atomic E-state index is 12.6. The van der Waals surface area contributed by atoms with E-state index in [0.29, 0.717) is 4.91 Å². The highest BCUT2D eigenvalue weighted by Gasteiger charge is 2.33. The van der Waals surface area contributed by atoms with Gasteiger partial charge in [-0.1, -0.05) is 64.2 Å². The number of nitro benzene ring substituents is 1. The van der Waals surface area contributed by atoms with Crippen molar-refractivity contribution < 1.29 is 14.5 Å². The van der Waals surface area contributed by atoms with Gasteiger partial charge in [-0.3, -0.25) is 24.6 Å². The molecule has 7 nitrogen and oxygen atoms in total. The number of thioether (sulfide) groups is 1. The summed E-state index contributed by atoms with van der Waals surface area (Å²) in [6.45, 7) is -0.327. The summed E-state index contributed by atoms with van der Waals surface area (Å²) in [5.41, 5.74) is 0.655. The minimum atomic E-state index is -0.587. The van der Waals surface area contributed by atoms with Crippen LogP contribution in [0.3, 0.4) is 0 Å². The topological polar surface area (TPSA) is 92.6 Å². The molecule has 0 spiro atoms. The summed E-state index contributed by atoms with van der Waals surface area (Å²) in [5, 5.41) is 13.5. The number of hydrogen-bond donors (Lipinski definition) is 1. The van der Waals surface area contributed by atoms with Crippen LogP contribution in [0.4, 0.5) is 11.4 Å². The second-order valence-electron chi connectivity index (χ2n) is 5.65. The van der Waals surface area contributed by atoms with Gasteiger partial charge in [-0.05, 0) is 29.8 Å². The van der Waals surface area contributed by atoms with Crippen molar-refractivity contribution in [2.45, 2.75) is 0 Å². The van der Waals surface area contributed by atoms with E-state index in [-0.39, 0.29) is 28.1 Å². The molecule has 0 bridgehead atoms. The summed E-state index contributed by atoms with van der Waals surface area (Å²) in [4.78, 5) is 37.0. The van der Waals surface area contributed by atoms with Crippen LogP contribution in [0.1, 0.15) is 5.56 Å². The lowest BCUT2D eigenvalue weighted by Gasteiger charge is -2.14. The van der Waals surface area contributed by atoms with Crippen LogP contribution in [-0.4, -0.2) is 32.5 Å². The molecule has 0 aliphatic carbocycles. The predicted octanol–water partition coefficient (Wildman–Crippen LogP) is 4.20. The standard InChI is InChI=1S/C18H12BrN3O4S2/c19-12-5-3-4-11(8-12)9-15-17(24)21(18(27)28-15)10-16(23)20-13-6-1-2-7-14(13)22(25)26/h1-9H,10H2,(H,20,23). The fraction of sp³-hybridized carbons (Fsp3) is 0.0556. The lowest BCUT2D eigenvalue weighted by Crippen LogP contribution is -2.36. The van der Waals surface area contributed by atoms with Crippen LogP contribution < -0.4 is 5.32 Å². The van der Waals surface area contributed by atoms with Crippen LogP contribution in [0.25, 0.3) is 6.08 Å². The van der Waals surface area contributed by atoms with Gasteiger partial charge in [-0.2, -0.15) is 0 Å². The molecule has 28 heavy (non-hydrogen) atoms. The monoisotopic (exact) mass is 477 g/mol. The Hall–Kier alpha value is -2.56. The molecule has 1 N–H and O–H groups in total. The van der Waals surface area contributed by atoms with Crippen LogP contribution in [-0.2, 0) is 9.59 Å². The number of hydrogen-bond acceptors (Lipinski definition) is 6. The van der Waals surface area contributed by atoms with Crippen LogP contribution in [0.15, 0.2) is 57.9 Å². The van der Waals surface area contributed by atoms with Crippen molar-refractivity contribution >= 4 is 73.5 Å². The van der Waals surface area contributed by atoms with Gasteiger partial charge in [0.25, 0.3) is 11.6 Å². The van der Waals surface area contributed by atoms with Crippen molar-refractivity contribution in [1.29, 1.82) is 0 Å². The number of nitrogens with one attached hydrogen (secondary N) is 1. The van der Waals surface area contributed by atoms with E-state index in [2.05, 4.69) is 21.2 Å². The van der Waals surface area contributed by atoms with Gasteiger partial charge in [0, 0.05) is 10.5 Å². The molecule has 1 saturated heterocycles. The van der Waals surface area contributed by atoms with Gasteiger partial charge in [0.2, 0.25) is 5.91 Å². The van der Waals surface area contributed by atoms with Gasteiger partial charge in [-0.15, -0.1) is 0 Å². The lowest BCUT2D eigenvalue weighted by atomic mass is 10.2. The Morgan fingerprint density at radius 3 is 2.75 bits per heavy atom. The summed E-state index contributed by atoms with van der Waals surface area (Å²) in [6.07, 6.45) is 1.70. The van der Waals surface area contributed by atoms with Crippen molar-refractivity contribution in [2.24, 2.45) is 0 Å². The Balaban J connectivity index is 1.73. The number of nitrogens with zero attached hydrogens (tertiary/aromatic N) is 2. The summed E-state index contributed by atoms with van der Waals surface area (Å²) in [5.74, 6) is -0.956. The molecule has 0 aromatic heterocycles. The van der Waals surface area contributed by atoms with Gasteiger partial charge in [0.15, 0.2) is 0 Å². The lowest BCUT2D eigenvalue weighted by molar-refractivity contribution is -0.383. The van der Waals surface area contributed by atoms with Crippen LogP contribution in [0.2, 0.25) is 0 Å². The molecule has 0 atom stereocenters. The van der Waals surface area contributed by atoms with Crippen molar-refractivity contribution in [3.8, 4) is 0 Å². The number of nitro groups is 1. The molecular weight excluding hydrogens is 466 g/mol. The predicted molar refractivity (Wildman–Crippen MR) is 116 cm³/mol. The zero-order valence-corrected chi connectivity index (χ0v) is 17.3. The average Bonchev–Trinajstić information content (AvgIpc) is 2.89. The molecule has 10 heteroatoms. The van der Waals surface area contributed by atoms with E-state index in [1.165, 1.54) is 23.1 Å². The van der Waals surface area contributed by atoms with Gasteiger partial charge >= 0.3 is 0 Å². The number of carbonyl (C=O) groups excluding carboxylic acids is 2. The molecule has 142 valence electrons. The molecule has 0 radical (unpaired) electrons. The van der Waals surface area contributed by atoms with E-state index in [0.717, 1.165) is 21.8 Å². The number of halogens is 1. The van der Waals surface area contributed by atoms with Gasteiger partial charge < -0.3 is 5.32 Å². The Labute approximate surface area is 178 Å². The van der Waals surface area contributed by atoms with E-state index < -0.39 is 10.8 Å². The van der Waals surface area contributed by atoms with E-state index in [1.54, 1.807) is 12.1 Å². The summed E-state index contributed by atoms with van der Waals surface area (Å²) >= 11 is 9.69. The van der Waals surface area contributed by atoms with E-state index in [9.17, 15) is 19.7 Å². The van der Waals surface area contributed by atoms with Gasteiger partial charge in [-0.25, -0.2) is 0 Å². The normalized spacial score (nSPS) is 15.2. The Morgan fingerprint density at radius 2 is 2.04 bits per heavy atom. The summed E-state index contributed by atoms with van der Waals surface area (Å²) < 4.78 is 1.13. The molecule has 1 fully saturated rings. The first-order chi connectivity index (χ1) is 13.3. The number of carbonyl (C=O) groups is 2. The van der Waals surface area contributed by atoms with Crippen LogP contribution in [0.5, 0.6) is 0 Å². The summed E-state index contributed by atoms with van der Waals surface area (Å²) in [7, 11) is 0. The van der Waals surface area contributed by atoms with Crippen molar-refractivity contribution in [1.82, 2.24) is 4.90 Å². The maximum atomic E-state index is 12.6. The number of anilines is 1. The first-order valence-electron chi connectivity index (χ1n) is 7.89. The van der Waals surface area contributed by atoms with Crippen LogP contribution >= 0.6 is 39.9 Å². The Bertz CT molecular complexity index is 1030. The van der Waals surface area contributed by atoms with E-state index >= 15 is 0 Å². The van der Waals surface area contributed by atoms with Crippen molar-refractivity contribution in [3.63, 3.8) is 0 Å². The molecule has 1 heterocycles. The molecule has 0 unspecified atom stereocenters. The quantitative estimate of drug-likeness (QED) is 0.300. The largest absolute Gasteiger partial charge is 0.319 e. The third-order valence-corrected chi connectivity index (χ3v) is 5.57. The Kier molecular flexibility index (Phi) is 6.22.